The van der Waals surface area contributed by atoms with Crippen molar-refractivity contribution in [1.82, 2.24) is 10.6 Å². The van der Waals surface area contributed by atoms with Crippen LogP contribution in [0.3, 0.4) is 0 Å². The van der Waals surface area contributed by atoms with Crippen LogP contribution in [0.2, 0.25) is 0 Å². The minimum absolute atomic E-state index is 0.147. The van der Waals surface area contributed by atoms with Gasteiger partial charge in [0.25, 0.3) is 0 Å². The normalized spacial score (nSPS) is 9.65. The molecule has 0 radical (unpaired) electrons. The summed E-state index contributed by atoms with van der Waals surface area (Å²) in [5.74, 6) is -1.01. The molecule has 0 spiro atoms. The first-order valence-electron chi connectivity index (χ1n) is 5.18. The van der Waals surface area contributed by atoms with Crippen molar-refractivity contribution in [2.45, 2.75) is 26.9 Å². The van der Waals surface area contributed by atoms with Gasteiger partial charge in [0.1, 0.15) is 6.10 Å². The number of rotatable bonds is 6. The highest BCUT2D eigenvalue weighted by molar-refractivity contribution is 5.87. The molecule has 6 heteroatoms. The molecule has 2 amide bonds. The fourth-order valence-electron chi connectivity index (χ4n) is 0.923. The number of nitrogens with one attached hydrogen (secondary N) is 2. The summed E-state index contributed by atoms with van der Waals surface area (Å²) in [6.07, 6.45) is -0.605. The first-order valence-corrected chi connectivity index (χ1v) is 5.18. The third-order valence-corrected chi connectivity index (χ3v) is 1.78. The van der Waals surface area contributed by atoms with Crippen molar-refractivity contribution in [1.29, 1.82) is 0 Å². The Labute approximate surface area is 100 Å². The van der Waals surface area contributed by atoms with Crippen LogP contribution in [-0.2, 0) is 19.1 Å². The number of hydrogen-bond acceptors (Lipinski definition) is 4. The molecular weight excluding hydrogens is 224 g/mol. The first kappa shape index (κ1) is 15.2. The molecule has 0 aliphatic rings. The second-order valence-corrected chi connectivity index (χ2v) is 3.68. The predicted molar refractivity (Wildman–Crippen MR) is 62.1 cm³/mol. The van der Waals surface area contributed by atoms with Gasteiger partial charge in [0, 0.05) is 19.4 Å². The number of carbonyl (C=O) groups is 3. The van der Waals surface area contributed by atoms with Gasteiger partial charge in [-0.1, -0.05) is 6.58 Å². The smallest absolute Gasteiger partial charge is 0.333 e. The molecule has 0 bridgehead atoms. The van der Waals surface area contributed by atoms with Gasteiger partial charge in [-0.2, -0.15) is 0 Å². The summed E-state index contributed by atoms with van der Waals surface area (Å²) in [5, 5.41) is 5.03. The van der Waals surface area contributed by atoms with E-state index in [2.05, 4.69) is 17.2 Å². The third-order valence-electron chi connectivity index (χ3n) is 1.78. The summed E-state index contributed by atoms with van der Waals surface area (Å²) in [7, 11) is 0. The van der Waals surface area contributed by atoms with E-state index in [4.69, 9.17) is 4.74 Å². The zero-order chi connectivity index (χ0) is 13.4. The minimum Gasteiger partial charge on any atom is -0.455 e. The zero-order valence-corrected chi connectivity index (χ0v) is 10.3. The molecule has 0 aromatic heterocycles. The van der Waals surface area contributed by atoms with Gasteiger partial charge in [-0.15, -0.1) is 0 Å². The Morgan fingerprint density at radius 3 is 1.76 bits per heavy atom. The Morgan fingerprint density at radius 1 is 1.06 bits per heavy atom. The Morgan fingerprint density at radius 2 is 1.47 bits per heavy atom. The van der Waals surface area contributed by atoms with E-state index in [1.165, 1.54) is 20.8 Å². The van der Waals surface area contributed by atoms with E-state index in [-0.39, 0.29) is 30.5 Å². The number of ether oxygens (including phenoxy) is 1. The summed E-state index contributed by atoms with van der Waals surface area (Å²) in [6.45, 7) is 7.98. The highest BCUT2D eigenvalue weighted by atomic mass is 16.5. The summed E-state index contributed by atoms with van der Waals surface area (Å²) in [5.41, 5.74) is 0.264. The van der Waals surface area contributed by atoms with Crippen molar-refractivity contribution in [2.75, 3.05) is 13.1 Å². The van der Waals surface area contributed by atoms with E-state index in [1.807, 2.05) is 0 Å². The number of carbonyl (C=O) groups excluding carboxylic acids is 3. The quantitative estimate of drug-likeness (QED) is 0.496. The summed E-state index contributed by atoms with van der Waals surface area (Å²) in [6, 6.07) is 0. The average molecular weight is 242 g/mol. The van der Waals surface area contributed by atoms with Crippen LogP contribution in [0.15, 0.2) is 12.2 Å². The van der Waals surface area contributed by atoms with Crippen molar-refractivity contribution >= 4 is 17.8 Å². The molecule has 0 heterocycles. The molecule has 0 fully saturated rings. The molecule has 2 N–H and O–H groups in total. The maximum absolute atomic E-state index is 11.3. The van der Waals surface area contributed by atoms with Gasteiger partial charge in [0.05, 0.1) is 13.1 Å². The highest BCUT2D eigenvalue weighted by Crippen LogP contribution is 1.97. The summed E-state index contributed by atoms with van der Waals surface area (Å²) < 4.78 is 5.04. The van der Waals surface area contributed by atoms with E-state index in [0.717, 1.165) is 0 Å². The van der Waals surface area contributed by atoms with E-state index < -0.39 is 12.1 Å². The van der Waals surface area contributed by atoms with Crippen molar-refractivity contribution < 1.29 is 19.1 Å². The van der Waals surface area contributed by atoms with E-state index >= 15 is 0 Å². The number of amides is 2. The first-order chi connectivity index (χ1) is 7.82. The predicted octanol–water partition coefficient (Wildman–Crippen LogP) is -0.253. The molecule has 0 saturated carbocycles. The van der Waals surface area contributed by atoms with E-state index in [0.29, 0.717) is 0 Å². The zero-order valence-electron chi connectivity index (χ0n) is 10.3. The van der Waals surface area contributed by atoms with Crippen LogP contribution in [0.1, 0.15) is 20.8 Å². The van der Waals surface area contributed by atoms with Gasteiger partial charge in [0.15, 0.2) is 0 Å². The van der Waals surface area contributed by atoms with Gasteiger partial charge >= 0.3 is 5.97 Å². The Bertz CT molecular complexity index is 307. The van der Waals surface area contributed by atoms with Crippen LogP contribution in [0, 0.1) is 0 Å². The summed E-state index contributed by atoms with van der Waals surface area (Å²) >= 11 is 0. The Hall–Kier alpha value is -1.85. The molecule has 0 aliphatic heterocycles. The van der Waals surface area contributed by atoms with Gasteiger partial charge in [-0.05, 0) is 6.92 Å². The molecule has 0 aromatic rings. The fourth-order valence-corrected chi connectivity index (χ4v) is 0.923. The SMILES string of the molecule is C=C(C)C(=O)OC(CNC(C)=O)CNC(C)=O. The van der Waals surface area contributed by atoms with Gasteiger partial charge in [0.2, 0.25) is 11.8 Å². The molecule has 0 aromatic carbocycles. The number of esters is 1. The molecule has 0 aliphatic carbocycles. The molecule has 96 valence electrons. The lowest BCUT2D eigenvalue weighted by molar-refractivity contribution is -0.145. The van der Waals surface area contributed by atoms with Crippen LogP contribution >= 0.6 is 0 Å². The molecule has 17 heavy (non-hydrogen) atoms. The summed E-state index contributed by atoms with van der Waals surface area (Å²) in [4.78, 5) is 32.8. The van der Waals surface area contributed by atoms with Gasteiger partial charge in [-0.25, -0.2) is 4.79 Å². The molecule has 0 saturated heterocycles. The van der Waals surface area contributed by atoms with Crippen LogP contribution in [0.4, 0.5) is 0 Å². The van der Waals surface area contributed by atoms with Crippen LogP contribution in [-0.4, -0.2) is 37.0 Å². The Kier molecular flexibility index (Phi) is 6.62. The van der Waals surface area contributed by atoms with Crippen LogP contribution in [0.25, 0.3) is 0 Å². The van der Waals surface area contributed by atoms with Crippen molar-refractivity contribution in [3.63, 3.8) is 0 Å². The second-order valence-electron chi connectivity index (χ2n) is 3.68. The maximum atomic E-state index is 11.3. The Balaban J connectivity index is 4.28. The van der Waals surface area contributed by atoms with Crippen molar-refractivity contribution in [2.24, 2.45) is 0 Å². The number of hydrogen-bond donors (Lipinski definition) is 2. The van der Waals surface area contributed by atoms with E-state index in [1.54, 1.807) is 0 Å². The molecule has 0 unspecified atom stereocenters. The largest absolute Gasteiger partial charge is 0.455 e. The molecule has 6 nitrogen and oxygen atoms in total. The van der Waals surface area contributed by atoms with Gasteiger partial charge < -0.3 is 15.4 Å². The topological polar surface area (TPSA) is 84.5 Å². The molecular formula is C11H18N2O4. The van der Waals surface area contributed by atoms with Crippen LogP contribution < -0.4 is 10.6 Å². The lowest BCUT2D eigenvalue weighted by Gasteiger charge is -2.18. The standard InChI is InChI=1S/C11H18N2O4/c1-7(2)11(16)17-10(5-12-8(3)14)6-13-9(4)15/h10H,1,5-6H2,2-4H3,(H,12,14)(H,13,15). The fraction of sp³-hybridized carbons (Fsp3) is 0.545. The van der Waals surface area contributed by atoms with Crippen molar-refractivity contribution in [3.8, 4) is 0 Å². The molecule has 0 rings (SSSR count). The third kappa shape index (κ3) is 8.01. The van der Waals surface area contributed by atoms with E-state index in [9.17, 15) is 14.4 Å². The monoisotopic (exact) mass is 242 g/mol. The lowest BCUT2D eigenvalue weighted by atomic mass is 10.3. The second kappa shape index (κ2) is 7.43. The van der Waals surface area contributed by atoms with Crippen molar-refractivity contribution in [3.05, 3.63) is 12.2 Å². The molecule has 0 atom stereocenters. The minimum atomic E-state index is -0.605. The average Bonchev–Trinajstić information content (AvgIpc) is 2.21. The lowest BCUT2D eigenvalue weighted by Crippen LogP contribution is -2.41. The van der Waals surface area contributed by atoms with Gasteiger partial charge in [-0.3, -0.25) is 9.59 Å². The van der Waals surface area contributed by atoms with Crippen LogP contribution in [0.5, 0.6) is 0 Å². The highest BCUT2D eigenvalue weighted by Gasteiger charge is 2.15. The maximum Gasteiger partial charge on any atom is 0.333 e.